The van der Waals surface area contributed by atoms with Crippen LogP contribution in [0.5, 0.6) is 0 Å². The number of aryl methyl sites for hydroxylation is 1. The molecule has 98 valence electrons. The molecule has 18 heavy (non-hydrogen) atoms. The van der Waals surface area contributed by atoms with Crippen LogP contribution in [0.1, 0.15) is 42.6 Å². The smallest absolute Gasteiger partial charge is 0.335 e. The first kappa shape index (κ1) is 12.9. The highest BCUT2D eigenvalue weighted by atomic mass is 16.4. The molecule has 0 fully saturated rings. The number of hydrogen-bond donors (Lipinski definition) is 1. The highest BCUT2D eigenvalue weighted by Gasteiger charge is 2.19. The van der Waals surface area contributed by atoms with Gasteiger partial charge in [-0.2, -0.15) is 0 Å². The van der Waals surface area contributed by atoms with Gasteiger partial charge < -0.3 is 10.0 Å². The van der Waals surface area contributed by atoms with E-state index in [9.17, 15) is 4.79 Å². The number of carboxylic acids is 1. The van der Waals surface area contributed by atoms with E-state index >= 15 is 0 Å². The van der Waals surface area contributed by atoms with Crippen LogP contribution in [0.15, 0.2) is 18.2 Å². The van der Waals surface area contributed by atoms with Crippen molar-refractivity contribution in [1.29, 1.82) is 0 Å². The first-order chi connectivity index (χ1) is 8.61. The van der Waals surface area contributed by atoms with Crippen molar-refractivity contribution < 1.29 is 9.90 Å². The summed E-state index contributed by atoms with van der Waals surface area (Å²) in [6, 6.07) is 5.52. The van der Waals surface area contributed by atoms with Crippen LogP contribution >= 0.6 is 0 Å². The van der Waals surface area contributed by atoms with Crippen molar-refractivity contribution in [3.05, 3.63) is 29.3 Å². The maximum absolute atomic E-state index is 11.0. The van der Waals surface area contributed by atoms with Gasteiger partial charge in [0, 0.05) is 18.8 Å². The van der Waals surface area contributed by atoms with E-state index in [-0.39, 0.29) is 0 Å². The second-order valence-electron chi connectivity index (χ2n) is 5.21. The summed E-state index contributed by atoms with van der Waals surface area (Å²) in [5, 5.41) is 9.02. The van der Waals surface area contributed by atoms with Gasteiger partial charge in [0.1, 0.15) is 0 Å². The molecule has 1 N–H and O–H groups in total. The molecule has 3 heteroatoms. The van der Waals surface area contributed by atoms with E-state index in [1.165, 1.54) is 17.7 Å². The van der Waals surface area contributed by atoms with E-state index in [0.29, 0.717) is 11.5 Å². The third-order valence-corrected chi connectivity index (χ3v) is 3.77. The second-order valence-corrected chi connectivity index (χ2v) is 5.21. The number of aromatic carboxylic acids is 1. The third-order valence-electron chi connectivity index (χ3n) is 3.77. The fourth-order valence-corrected chi connectivity index (χ4v) is 2.50. The van der Waals surface area contributed by atoms with E-state index in [2.05, 4.69) is 18.7 Å². The summed E-state index contributed by atoms with van der Waals surface area (Å²) in [5.74, 6) is -0.160. The Morgan fingerprint density at radius 3 is 2.94 bits per heavy atom. The SMILES string of the molecule is CCC(C)CN1CCCc2cc(C(=O)O)ccc21. The molecule has 2 rings (SSSR count). The average molecular weight is 247 g/mol. The molecule has 1 heterocycles. The third kappa shape index (κ3) is 2.66. The van der Waals surface area contributed by atoms with Crippen LogP contribution in [-0.2, 0) is 6.42 Å². The zero-order valence-electron chi connectivity index (χ0n) is 11.1. The molecule has 0 radical (unpaired) electrons. The topological polar surface area (TPSA) is 40.5 Å². The second kappa shape index (κ2) is 5.42. The molecule has 1 aromatic carbocycles. The molecular formula is C15H21NO2. The number of anilines is 1. The van der Waals surface area contributed by atoms with Gasteiger partial charge in [-0.25, -0.2) is 4.79 Å². The van der Waals surface area contributed by atoms with E-state index in [1.807, 2.05) is 12.1 Å². The number of rotatable bonds is 4. The van der Waals surface area contributed by atoms with Crippen molar-refractivity contribution in [2.75, 3.05) is 18.0 Å². The summed E-state index contributed by atoms with van der Waals surface area (Å²) in [6.07, 6.45) is 3.29. The molecule has 1 aromatic rings. The fourth-order valence-electron chi connectivity index (χ4n) is 2.50. The van der Waals surface area contributed by atoms with Gasteiger partial charge in [-0.15, -0.1) is 0 Å². The van der Waals surface area contributed by atoms with Crippen LogP contribution in [0.2, 0.25) is 0 Å². The monoisotopic (exact) mass is 247 g/mol. The Morgan fingerprint density at radius 1 is 1.50 bits per heavy atom. The summed E-state index contributed by atoms with van der Waals surface area (Å²) in [4.78, 5) is 13.4. The first-order valence-corrected chi connectivity index (χ1v) is 6.73. The van der Waals surface area contributed by atoms with Crippen molar-refractivity contribution in [1.82, 2.24) is 0 Å². The summed E-state index contributed by atoms with van der Waals surface area (Å²) >= 11 is 0. The highest BCUT2D eigenvalue weighted by Crippen LogP contribution is 2.29. The number of benzene rings is 1. The van der Waals surface area contributed by atoms with E-state index in [1.54, 1.807) is 6.07 Å². The molecule has 0 aliphatic carbocycles. The number of hydrogen-bond acceptors (Lipinski definition) is 2. The Kier molecular flexibility index (Phi) is 3.90. The van der Waals surface area contributed by atoms with Gasteiger partial charge in [-0.3, -0.25) is 0 Å². The van der Waals surface area contributed by atoms with Gasteiger partial charge in [-0.1, -0.05) is 20.3 Å². The zero-order valence-corrected chi connectivity index (χ0v) is 11.1. The van der Waals surface area contributed by atoms with Crippen LogP contribution < -0.4 is 4.90 Å². The average Bonchev–Trinajstić information content (AvgIpc) is 2.38. The van der Waals surface area contributed by atoms with Crippen LogP contribution in [0.25, 0.3) is 0 Å². The van der Waals surface area contributed by atoms with Gasteiger partial charge >= 0.3 is 5.97 Å². The Labute approximate surface area is 108 Å². The highest BCUT2D eigenvalue weighted by molar-refractivity contribution is 5.88. The van der Waals surface area contributed by atoms with Crippen molar-refractivity contribution in [2.24, 2.45) is 5.92 Å². The van der Waals surface area contributed by atoms with Crippen molar-refractivity contribution in [3.8, 4) is 0 Å². The van der Waals surface area contributed by atoms with Gasteiger partial charge in [0.15, 0.2) is 0 Å². The predicted octanol–water partition coefficient (Wildman–Crippen LogP) is 3.18. The Bertz CT molecular complexity index is 442. The number of carboxylic acid groups (broad SMARTS) is 1. The molecule has 0 saturated carbocycles. The van der Waals surface area contributed by atoms with E-state index < -0.39 is 5.97 Å². The van der Waals surface area contributed by atoms with Crippen LogP contribution in [0.3, 0.4) is 0 Å². The lowest BCUT2D eigenvalue weighted by Gasteiger charge is -2.33. The lowest BCUT2D eigenvalue weighted by atomic mass is 9.97. The van der Waals surface area contributed by atoms with Crippen molar-refractivity contribution in [3.63, 3.8) is 0 Å². The molecule has 0 amide bonds. The Morgan fingerprint density at radius 2 is 2.28 bits per heavy atom. The summed E-state index contributed by atoms with van der Waals surface area (Å²) in [6.45, 7) is 6.63. The number of carbonyl (C=O) groups is 1. The number of nitrogens with zero attached hydrogens (tertiary/aromatic N) is 1. The Balaban J connectivity index is 2.24. The molecule has 1 unspecified atom stereocenters. The van der Waals surface area contributed by atoms with E-state index in [4.69, 9.17) is 5.11 Å². The lowest BCUT2D eigenvalue weighted by molar-refractivity contribution is 0.0697. The molecular weight excluding hydrogens is 226 g/mol. The molecule has 1 aliphatic heterocycles. The van der Waals surface area contributed by atoms with Crippen LogP contribution in [0.4, 0.5) is 5.69 Å². The van der Waals surface area contributed by atoms with Gasteiger partial charge in [0.05, 0.1) is 5.56 Å². The minimum absolute atomic E-state index is 0.402. The molecule has 0 aromatic heterocycles. The molecule has 0 bridgehead atoms. The van der Waals surface area contributed by atoms with Gasteiger partial charge in [0.25, 0.3) is 0 Å². The number of fused-ring (bicyclic) bond motifs is 1. The van der Waals surface area contributed by atoms with Crippen LogP contribution in [0, 0.1) is 5.92 Å². The molecule has 1 atom stereocenters. The van der Waals surface area contributed by atoms with Gasteiger partial charge in [0.2, 0.25) is 0 Å². The van der Waals surface area contributed by atoms with E-state index in [0.717, 1.165) is 25.9 Å². The molecule has 1 aliphatic rings. The van der Waals surface area contributed by atoms with Crippen molar-refractivity contribution in [2.45, 2.75) is 33.1 Å². The minimum atomic E-state index is -0.836. The molecule has 0 saturated heterocycles. The molecule has 3 nitrogen and oxygen atoms in total. The summed E-state index contributed by atoms with van der Waals surface area (Å²) in [5.41, 5.74) is 2.81. The lowest BCUT2D eigenvalue weighted by Crippen LogP contribution is -2.33. The standard InChI is InChI=1S/C15H21NO2/c1-3-11(2)10-16-8-4-5-12-9-13(15(17)18)6-7-14(12)16/h6-7,9,11H,3-5,8,10H2,1-2H3,(H,17,18). The maximum Gasteiger partial charge on any atom is 0.335 e. The maximum atomic E-state index is 11.0. The van der Waals surface area contributed by atoms with Crippen LogP contribution in [-0.4, -0.2) is 24.2 Å². The predicted molar refractivity (Wildman–Crippen MR) is 73.4 cm³/mol. The Hall–Kier alpha value is -1.51. The largest absolute Gasteiger partial charge is 0.478 e. The normalized spacial score (nSPS) is 16.2. The quantitative estimate of drug-likeness (QED) is 0.888. The molecule has 0 spiro atoms. The summed E-state index contributed by atoms with van der Waals surface area (Å²) in [7, 11) is 0. The fraction of sp³-hybridized carbons (Fsp3) is 0.533. The zero-order chi connectivity index (χ0) is 13.1. The minimum Gasteiger partial charge on any atom is -0.478 e. The van der Waals surface area contributed by atoms with Crippen molar-refractivity contribution >= 4 is 11.7 Å². The van der Waals surface area contributed by atoms with Gasteiger partial charge in [-0.05, 0) is 42.5 Å². The summed E-state index contributed by atoms with van der Waals surface area (Å²) < 4.78 is 0. The first-order valence-electron chi connectivity index (χ1n) is 6.73.